The van der Waals surface area contributed by atoms with Crippen molar-refractivity contribution in [1.29, 1.82) is 0 Å². The predicted octanol–water partition coefficient (Wildman–Crippen LogP) is 1.21. The Bertz CT molecular complexity index is 737. The van der Waals surface area contributed by atoms with Gasteiger partial charge in [-0.1, -0.05) is 6.07 Å². The minimum absolute atomic E-state index is 0.0000674. The number of aliphatic hydroxyl groups excluding tert-OH is 1. The van der Waals surface area contributed by atoms with Crippen molar-refractivity contribution < 1.29 is 27.9 Å². The molecule has 1 saturated heterocycles. The number of carbonyl (C=O) groups is 2. The number of hydrogen-bond donors (Lipinski definition) is 3. The Kier molecular flexibility index (Phi) is 6.42. The maximum absolute atomic E-state index is 13.5. The monoisotopic (exact) mass is 386 g/mol. The molecule has 1 aliphatic rings. The van der Waals surface area contributed by atoms with Gasteiger partial charge < -0.3 is 21.5 Å². The van der Waals surface area contributed by atoms with Gasteiger partial charge >= 0.3 is 6.18 Å². The Labute approximate surface area is 153 Å². The lowest BCUT2D eigenvalue weighted by atomic mass is 9.85. The third kappa shape index (κ3) is 5.19. The van der Waals surface area contributed by atoms with Crippen LogP contribution in [-0.2, 0) is 11.0 Å². The van der Waals surface area contributed by atoms with Crippen LogP contribution in [0.4, 0.5) is 13.2 Å². The van der Waals surface area contributed by atoms with E-state index < -0.39 is 29.5 Å². The molecule has 0 spiro atoms. The summed E-state index contributed by atoms with van der Waals surface area (Å²) in [4.78, 5) is 28.4. The first-order valence-electron chi connectivity index (χ1n) is 8.37. The van der Waals surface area contributed by atoms with E-state index in [1.165, 1.54) is 17.0 Å². The van der Waals surface area contributed by atoms with Crippen molar-refractivity contribution in [3.05, 3.63) is 34.9 Å². The highest BCUT2D eigenvalue weighted by molar-refractivity contribution is 6.02. The summed E-state index contributed by atoms with van der Waals surface area (Å²) in [5.74, 6) is -2.09. The third-order valence-electron chi connectivity index (χ3n) is 4.45. The number of nitrogens with zero attached hydrogens (tertiary/aromatic N) is 2. The molecule has 1 heterocycles. The lowest BCUT2D eigenvalue weighted by Gasteiger charge is -2.33. The molecule has 0 aromatic heterocycles. The molecule has 27 heavy (non-hydrogen) atoms. The average molecular weight is 386 g/mol. The lowest BCUT2D eigenvalue weighted by molar-refractivity contribution is -0.139. The number of likely N-dealkylation sites (tertiary alicyclic amines) is 1. The molecule has 0 radical (unpaired) electrons. The average Bonchev–Trinajstić information content (AvgIpc) is 2.60. The summed E-state index contributed by atoms with van der Waals surface area (Å²) >= 11 is 0. The Balaban J connectivity index is 2.26. The Hall–Kier alpha value is -2.62. The van der Waals surface area contributed by atoms with E-state index in [0.29, 0.717) is 25.9 Å². The third-order valence-corrected chi connectivity index (χ3v) is 4.45. The van der Waals surface area contributed by atoms with Crippen molar-refractivity contribution in [2.24, 2.45) is 16.5 Å². The van der Waals surface area contributed by atoms with E-state index in [4.69, 9.17) is 16.6 Å². The van der Waals surface area contributed by atoms with E-state index in [0.717, 1.165) is 6.07 Å². The molecule has 1 aromatic carbocycles. The van der Waals surface area contributed by atoms with Gasteiger partial charge in [0.05, 0.1) is 12.2 Å². The van der Waals surface area contributed by atoms with Crippen molar-refractivity contribution in [3.63, 3.8) is 0 Å². The topological polar surface area (TPSA) is 122 Å². The van der Waals surface area contributed by atoms with Crippen molar-refractivity contribution in [1.82, 2.24) is 4.90 Å². The number of guanidine groups is 1. The fraction of sp³-hybridized carbons (Fsp3) is 0.471. The highest BCUT2D eigenvalue weighted by Crippen LogP contribution is 2.39. The van der Waals surface area contributed by atoms with Gasteiger partial charge in [0, 0.05) is 25.1 Å². The number of halogens is 3. The summed E-state index contributed by atoms with van der Waals surface area (Å²) in [7, 11) is 0. The van der Waals surface area contributed by atoms with Gasteiger partial charge in [-0.15, -0.1) is 0 Å². The summed E-state index contributed by atoms with van der Waals surface area (Å²) < 4.78 is 40.6. The second kappa shape index (κ2) is 8.38. The zero-order valence-corrected chi connectivity index (χ0v) is 14.5. The number of hydrogen-bond acceptors (Lipinski definition) is 3. The maximum atomic E-state index is 13.5. The minimum Gasteiger partial charge on any atom is -0.396 e. The molecular formula is C17H21F3N4O3. The van der Waals surface area contributed by atoms with Crippen molar-refractivity contribution >= 4 is 17.8 Å². The molecule has 0 atom stereocenters. The smallest absolute Gasteiger partial charge is 0.396 e. The number of carbonyl (C=O) groups excluding carboxylic acids is 2. The number of amides is 2. The molecule has 2 amide bonds. The molecule has 5 N–H and O–H groups in total. The Morgan fingerprint density at radius 2 is 1.85 bits per heavy atom. The molecule has 2 rings (SSSR count). The van der Waals surface area contributed by atoms with Crippen LogP contribution in [0.5, 0.6) is 0 Å². The molecule has 7 nitrogen and oxygen atoms in total. The van der Waals surface area contributed by atoms with E-state index >= 15 is 0 Å². The van der Waals surface area contributed by atoms with Crippen LogP contribution in [0.1, 0.15) is 46.7 Å². The highest BCUT2D eigenvalue weighted by atomic mass is 19.4. The SMILES string of the molecule is NC(N)=NC(=O)c1ccc(C2CCN(C(=O)CCO)CC2)c(C(F)(F)F)c1. The number of nitrogens with two attached hydrogens (primary N) is 2. The fourth-order valence-electron chi connectivity index (χ4n) is 3.17. The van der Waals surface area contributed by atoms with Crippen LogP contribution < -0.4 is 11.5 Å². The predicted molar refractivity (Wildman–Crippen MR) is 91.8 cm³/mol. The second-order valence-electron chi connectivity index (χ2n) is 6.27. The van der Waals surface area contributed by atoms with E-state index in [1.807, 2.05) is 0 Å². The van der Waals surface area contributed by atoms with Crippen molar-refractivity contribution in [3.8, 4) is 0 Å². The highest BCUT2D eigenvalue weighted by Gasteiger charge is 2.37. The van der Waals surface area contributed by atoms with Gasteiger partial charge in [-0.2, -0.15) is 18.2 Å². The van der Waals surface area contributed by atoms with Crippen LogP contribution in [0.15, 0.2) is 23.2 Å². The molecule has 10 heteroatoms. The van der Waals surface area contributed by atoms with Crippen molar-refractivity contribution in [2.45, 2.75) is 31.4 Å². The molecule has 148 valence electrons. The number of rotatable bonds is 4. The molecule has 0 aliphatic carbocycles. The van der Waals surface area contributed by atoms with Crippen LogP contribution in [0.2, 0.25) is 0 Å². The van der Waals surface area contributed by atoms with Gasteiger partial charge in [0.2, 0.25) is 5.91 Å². The molecule has 0 saturated carbocycles. The van der Waals surface area contributed by atoms with Gasteiger partial charge in [0.25, 0.3) is 5.91 Å². The Morgan fingerprint density at radius 3 is 2.37 bits per heavy atom. The van der Waals surface area contributed by atoms with E-state index in [-0.39, 0.29) is 30.1 Å². The van der Waals surface area contributed by atoms with Gasteiger partial charge in [-0.05, 0) is 36.5 Å². The number of alkyl halides is 3. The minimum atomic E-state index is -4.65. The van der Waals surface area contributed by atoms with Crippen LogP contribution in [0.25, 0.3) is 0 Å². The lowest BCUT2D eigenvalue weighted by Crippen LogP contribution is -2.38. The molecule has 1 aromatic rings. The first kappa shape index (κ1) is 20.7. The second-order valence-corrected chi connectivity index (χ2v) is 6.27. The fourth-order valence-corrected chi connectivity index (χ4v) is 3.17. The zero-order chi connectivity index (χ0) is 20.2. The number of benzene rings is 1. The summed E-state index contributed by atoms with van der Waals surface area (Å²) in [6.45, 7) is 0.368. The molecule has 0 bridgehead atoms. The van der Waals surface area contributed by atoms with Gasteiger partial charge in [-0.25, -0.2) is 0 Å². The quantitative estimate of drug-likeness (QED) is 0.530. The summed E-state index contributed by atoms with van der Waals surface area (Å²) in [6, 6.07) is 3.30. The largest absolute Gasteiger partial charge is 0.416 e. The van der Waals surface area contributed by atoms with Crippen LogP contribution in [-0.4, -0.2) is 47.5 Å². The molecular weight excluding hydrogens is 365 g/mol. The number of aliphatic imine (C=N–C) groups is 1. The van der Waals surface area contributed by atoms with Gasteiger partial charge in [0.1, 0.15) is 0 Å². The number of piperidine rings is 1. The van der Waals surface area contributed by atoms with E-state index in [1.54, 1.807) is 0 Å². The van der Waals surface area contributed by atoms with E-state index in [2.05, 4.69) is 4.99 Å². The zero-order valence-electron chi connectivity index (χ0n) is 14.5. The first-order valence-corrected chi connectivity index (χ1v) is 8.37. The molecule has 1 aliphatic heterocycles. The van der Waals surface area contributed by atoms with Crippen LogP contribution >= 0.6 is 0 Å². The maximum Gasteiger partial charge on any atom is 0.416 e. The van der Waals surface area contributed by atoms with Crippen LogP contribution in [0.3, 0.4) is 0 Å². The van der Waals surface area contributed by atoms with Gasteiger partial charge in [-0.3, -0.25) is 9.59 Å². The summed E-state index contributed by atoms with van der Waals surface area (Å²) in [5, 5.41) is 8.82. The standard InChI is InChI=1S/C17H21F3N4O3/c18-17(19,20)13-9-11(15(27)23-16(21)22)1-2-12(13)10-3-6-24(7-4-10)14(26)5-8-25/h1-2,9-10,25H,3-8H2,(H4,21,22,23,27). The first-order chi connectivity index (χ1) is 12.6. The van der Waals surface area contributed by atoms with E-state index in [9.17, 15) is 22.8 Å². The van der Waals surface area contributed by atoms with Gasteiger partial charge in [0.15, 0.2) is 5.96 Å². The number of aliphatic hydroxyl groups is 1. The Morgan fingerprint density at radius 1 is 1.22 bits per heavy atom. The normalized spacial score (nSPS) is 15.5. The molecule has 1 fully saturated rings. The summed E-state index contributed by atoms with van der Waals surface area (Å²) in [5.41, 5.74) is 9.12. The van der Waals surface area contributed by atoms with Crippen molar-refractivity contribution in [2.75, 3.05) is 19.7 Å². The summed E-state index contributed by atoms with van der Waals surface area (Å²) in [6.07, 6.45) is -3.92. The molecule has 0 unspecified atom stereocenters. The van der Waals surface area contributed by atoms with Crippen LogP contribution in [0, 0.1) is 0 Å².